The molecule has 1 aliphatic heterocycles. The Bertz CT molecular complexity index is 667. The maximum Gasteiger partial charge on any atom is 0.394 e. The number of carbonyl (C=O) groups excluding carboxylic acids is 1. The molecule has 4 nitrogen and oxygen atoms in total. The number of amides is 1. The van der Waals surface area contributed by atoms with Crippen LogP contribution in [0.25, 0.3) is 0 Å². The van der Waals surface area contributed by atoms with Crippen LogP contribution in [0.2, 0.25) is 10.0 Å². The van der Waals surface area contributed by atoms with Gasteiger partial charge in [-0.3, -0.25) is 9.59 Å². The number of rotatable bonds is 5. The molecule has 0 radical (unpaired) electrons. The Morgan fingerprint density at radius 3 is 2.40 bits per heavy atom. The predicted octanol–water partition coefficient (Wildman–Crippen LogP) is 4.04. The second-order valence-corrected chi connectivity index (χ2v) is 6.81. The molecule has 2 rings (SSSR count). The van der Waals surface area contributed by atoms with E-state index in [4.69, 9.17) is 28.3 Å². The van der Waals surface area contributed by atoms with E-state index in [2.05, 4.69) is 0 Å². The summed E-state index contributed by atoms with van der Waals surface area (Å²) in [5, 5.41) is 9.76. The van der Waals surface area contributed by atoms with E-state index in [1.165, 1.54) is 0 Å². The minimum Gasteiger partial charge on any atom is -0.481 e. The molecule has 1 heterocycles. The summed E-state index contributed by atoms with van der Waals surface area (Å²) < 4.78 is 38.8. The van der Waals surface area contributed by atoms with Crippen LogP contribution in [0.3, 0.4) is 0 Å². The highest BCUT2D eigenvalue weighted by Gasteiger charge is 2.53. The highest BCUT2D eigenvalue weighted by molar-refractivity contribution is 6.42. The molecular weight excluding hydrogens is 382 g/mol. The van der Waals surface area contributed by atoms with Crippen molar-refractivity contribution in [1.29, 1.82) is 0 Å². The van der Waals surface area contributed by atoms with Gasteiger partial charge in [0.2, 0.25) is 5.91 Å². The average Bonchev–Trinajstić information content (AvgIpc) is 2.96. The third-order valence-electron chi connectivity index (χ3n) is 4.25. The summed E-state index contributed by atoms with van der Waals surface area (Å²) >= 11 is 11.7. The highest BCUT2D eigenvalue weighted by Crippen LogP contribution is 2.38. The van der Waals surface area contributed by atoms with Crippen molar-refractivity contribution < 1.29 is 27.9 Å². The summed E-state index contributed by atoms with van der Waals surface area (Å²) in [6.45, 7) is -1.02. The van der Waals surface area contributed by atoms with Gasteiger partial charge < -0.3 is 10.0 Å². The first-order chi connectivity index (χ1) is 11.6. The maximum atomic E-state index is 12.9. The summed E-state index contributed by atoms with van der Waals surface area (Å²) in [6.07, 6.45) is -3.67. The Morgan fingerprint density at radius 1 is 1.20 bits per heavy atom. The van der Waals surface area contributed by atoms with Crippen molar-refractivity contribution in [2.75, 3.05) is 13.1 Å². The van der Waals surface area contributed by atoms with Gasteiger partial charge in [-0.1, -0.05) is 29.3 Å². The lowest BCUT2D eigenvalue weighted by atomic mass is 9.96. The molecule has 1 aromatic carbocycles. The predicted molar refractivity (Wildman–Crippen MR) is 86.7 cm³/mol. The molecule has 1 saturated heterocycles. The minimum absolute atomic E-state index is 0.0389. The van der Waals surface area contributed by atoms with Gasteiger partial charge in [0.1, 0.15) is 0 Å². The van der Waals surface area contributed by atoms with E-state index < -0.39 is 43.0 Å². The van der Waals surface area contributed by atoms with Gasteiger partial charge in [-0.2, -0.15) is 13.2 Å². The van der Waals surface area contributed by atoms with Gasteiger partial charge in [0, 0.05) is 19.5 Å². The molecule has 0 unspecified atom stereocenters. The largest absolute Gasteiger partial charge is 0.481 e. The first-order valence-electron chi connectivity index (χ1n) is 7.61. The van der Waals surface area contributed by atoms with E-state index in [0.717, 1.165) is 10.5 Å². The molecule has 0 saturated carbocycles. The zero-order valence-corrected chi connectivity index (χ0v) is 14.5. The lowest BCUT2D eigenvalue weighted by Gasteiger charge is -2.18. The van der Waals surface area contributed by atoms with Gasteiger partial charge in [0.05, 0.1) is 21.9 Å². The average molecular weight is 398 g/mol. The third-order valence-corrected chi connectivity index (χ3v) is 4.99. The van der Waals surface area contributed by atoms with Crippen molar-refractivity contribution in [3.8, 4) is 0 Å². The number of nitrogens with zero attached hydrogens (tertiary/aromatic N) is 1. The zero-order valence-electron chi connectivity index (χ0n) is 13.0. The first-order valence-corrected chi connectivity index (χ1v) is 8.36. The third kappa shape index (κ3) is 5.01. The molecule has 138 valence electrons. The molecule has 0 aromatic heterocycles. The Balaban J connectivity index is 1.90. The molecule has 1 N–H and O–H groups in total. The van der Waals surface area contributed by atoms with Crippen LogP contribution in [0.1, 0.15) is 18.4 Å². The molecule has 9 heteroatoms. The van der Waals surface area contributed by atoms with Gasteiger partial charge >= 0.3 is 12.1 Å². The van der Waals surface area contributed by atoms with Crippen LogP contribution >= 0.6 is 23.2 Å². The topological polar surface area (TPSA) is 57.6 Å². The number of hydrogen-bond donors (Lipinski definition) is 1. The van der Waals surface area contributed by atoms with Crippen molar-refractivity contribution in [2.24, 2.45) is 11.8 Å². The molecule has 25 heavy (non-hydrogen) atoms. The fourth-order valence-corrected chi connectivity index (χ4v) is 3.21. The van der Waals surface area contributed by atoms with Crippen molar-refractivity contribution >= 4 is 35.1 Å². The van der Waals surface area contributed by atoms with Crippen LogP contribution in [-0.2, 0) is 16.0 Å². The fourth-order valence-electron chi connectivity index (χ4n) is 2.89. The second kappa shape index (κ2) is 7.83. The monoisotopic (exact) mass is 397 g/mol. The lowest BCUT2D eigenvalue weighted by Crippen LogP contribution is -2.34. The molecule has 1 fully saturated rings. The van der Waals surface area contributed by atoms with Crippen LogP contribution < -0.4 is 0 Å². The Morgan fingerprint density at radius 2 is 1.88 bits per heavy atom. The van der Waals surface area contributed by atoms with Crippen molar-refractivity contribution in [3.05, 3.63) is 33.8 Å². The van der Waals surface area contributed by atoms with Crippen LogP contribution in [0.15, 0.2) is 18.2 Å². The van der Waals surface area contributed by atoms with Crippen LogP contribution in [0.5, 0.6) is 0 Å². The molecule has 0 bridgehead atoms. The maximum absolute atomic E-state index is 12.9. The Kier molecular flexibility index (Phi) is 6.21. The molecule has 0 spiro atoms. The highest BCUT2D eigenvalue weighted by atomic mass is 35.5. The summed E-state index contributed by atoms with van der Waals surface area (Å²) in [6, 6.07) is 5.06. The summed E-state index contributed by atoms with van der Waals surface area (Å²) in [5.74, 6) is -5.64. The van der Waals surface area contributed by atoms with Crippen LogP contribution in [0.4, 0.5) is 13.2 Å². The van der Waals surface area contributed by atoms with E-state index in [-0.39, 0.29) is 6.42 Å². The number of halogens is 5. The van der Waals surface area contributed by atoms with Gasteiger partial charge in [-0.15, -0.1) is 0 Å². The van der Waals surface area contributed by atoms with Gasteiger partial charge in [-0.25, -0.2) is 0 Å². The molecule has 1 aromatic rings. The molecule has 1 aliphatic rings. The summed E-state index contributed by atoms with van der Waals surface area (Å²) in [4.78, 5) is 24.1. The quantitative estimate of drug-likeness (QED) is 0.815. The van der Waals surface area contributed by atoms with E-state index in [1.54, 1.807) is 18.2 Å². The van der Waals surface area contributed by atoms with Crippen molar-refractivity contribution in [3.63, 3.8) is 0 Å². The summed E-state index contributed by atoms with van der Waals surface area (Å²) in [7, 11) is 0. The van der Waals surface area contributed by atoms with Crippen molar-refractivity contribution in [1.82, 2.24) is 4.90 Å². The van der Waals surface area contributed by atoms with Crippen LogP contribution in [0, 0.1) is 11.8 Å². The fraction of sp³-hybridized carbons (Fsp3) is 0.500. The minimum atomic E-state index is -4.64. The Labute approximate surface area is 152 Å². The van der Waals surface area contributed by atoms with E-state index in [9.17, 15) is 22.8 Å². The smallest absolute Gasteiger partial charge is 0.394 e. The second-order valence-electron chi connectivity index (χ2n) is 5.99. The number of benzene rings is 1. The van der Waals surface area contributed by atoms with E-state index >= 15 is 0 Å². The van der Waals surface area contributed by atoms with Gasteiger partial charge in [0.25, 0.3) is 0 Å². The number of likely N-dealkylation sites (tertiary alicyclic amines) is 1. The number of carboxylic acids is 1. The van der Waals surface area contributed by atoms with E-state index in [0.29, 0.717) is 22.9 Å². The molecule has 2 atom stereocenters. The standard InChI is InChI=1S/C16H16Cl2F3NO3/c17-12-5-4-9(6-13(12)18)2-1-3-14(23)22-7-10(15(24)25)11(8-22)16(19,20)21/h4-6,10-11H,1-3,7-8H2,(H,24,25)/t10-,11-/m1/s1. The number of carbonyl (C=O) groups is 2. The van der Waals surface area contributed by atoms with Crippen LogP contribution in [-0.4, -0.2) is 41.1 Å². The number of carboxylic acid groups (broad SMARTS) is 1. The molecule has 0 aliphatic carbocycles. The zero-order chi connectivity index (χ0) is 18.8. The Hall–Kier alpha value is -1.47. The molecule has 1 amide bonds. The van der Waals surface area contributed by atoms with E-state index in [1.807, 2.05) is 0 Å². The molecular formula is C16H16Cl2F3NO3. The van der Waals surface area contributed by atoms with Gasteiger partial charge in [0.15, 0.2) is 0 Å². The number of hydrogen-bond acceptors (Lipinski definition) is 2. The lowest BCUT2D eigenvalue weighted by molar-refractivity contribution is -0.188. The SMILES string of the molecule is O=C(O)[C@@H]1CN(C(=O)CCCc2ccc(Cl)c(Cl)c2)C[C@H]1C(F)(F)F. The summed E-state index contributed by atoms with van der Waals surface area (Å²) in [5.41, 5.74) is 0.861. The number of aryl methyl sites for hydroxylation is 1. The van der Waals surface area contributed by atoms with Crippen molar-refractivity contribution in [2.45, 2.75) is 25.4 Å². The van der Waals surface area contributed by atoms with Gasteiger partial charge in [-0.05, 0) is 30.5 Å². The normalized spacial score (nSPS) is 20.8. The first kappa shape index (κ1) is 19.8. The number of aliphatic carboxylic acids is 1. The number of alkyl halides is 3.